The van der Waals surface area contributed by atoms with Gasteiger partial charge in [0.15, 0.2) is 5.16 Å². The van der Waals surface area contributed by atoms with E-state index in [1.165, 1.54) is 11.8 Å². The van der Waals surface area contributed by atoms with Crippen LogP contribution in [0.1, 0.15) is 18.9 Å². The summed E-state index contributed by atoms with van der Waals surface area (Å²) in [6.45, 7) is 0. The van der Waals surface area contributed by atoms with E-state index in [0.29, 0.717) is 32.9 Å². The van der Waals surface area contributed by atoms with E-state index >= 15 is 0 Å². The van der Waals surface area contributed by atoms with Crippen molar-refractivity contribution in [2.75, 3.05) is 5.73 Å². The van der Waals surface area contributed by atoms with E-state index in [2.05, 4.69) is 25.5 Å². The predicted octanol–water partition coefficient (Wildman–Crippen LogP) is 0.978. The van der Waals surface area contributed by atoms with Crippen molar-refractivity contribution in [3.8, 4) is 0 Å². The van der Waals surface area contributed by atoms with E-state index in [1.54, 1.807) is 22.9 Å². The van der Waals surface area contributed by atoms with Gasteiger partial charge in [-0.05, 0) is 53.2 Å². The number of fused-ring (bicyclic) bond motifs is 1. The molecule has 0 radical (unpaired) electrons. The third-order valence-corrected chi connectivity index (χ3v) is 4.09. The first-order valence-electron chi connectivity index (χ1n) is 6.46. The molecule has 1 aliphatic carbocycles. The van der Waals surface area contributed by atoms with Crippen LogP contribution in [0.4, 0.5) is 5.69 Å². The molecule has 8 nitrogen and oxygen atoms in total. The van der Waals surface area contributed by atoms with Gasteiger partial charge in [0, 0.05) is 5.69 Å². The average Bonchev–Trinajstić information content (AvgIpc) is 3.20. The van der Waals surface area contributed by atoms with Gasteiger partial charge in [0.05, 0.1) is 16.9 Å². The molecule has 1 saturated carbocycles. The van der Waals surface area contributed by atoms with Gasteiger partial charge < -0.3 is 10.7 Å². The van der Waals surface area contributed by atoms with Crippen molar-refractivity contribution in [2.24, 2.45) is 0 Å². The minimum atomic E-state index is -0.222. The van der Waals surface area contributed by atoms with E-state index in [9.17, 15) is 4.79 Å². The Balaban J connectivity index is 1.75. The average molecular weight is 301 g/mol. The molecule has 1 aromatic carbocycles. The van der Waals surface area contributed by atoms with Crippen molar-refractivity contribution in [3.63, 3.8) is 0 Å². The third-order valence-electron chi connectivity index (χ3n) is 3.25. The summed E-state index contributed by atoms with van der Waals surface area (Å²) in [6.07, 6.45) is 2.17. The number of tetrazole rings is 1. The molecule has 4 rings (SSSR count). The number of hydrogen-bond acceptors (Lipinski definition) is 7. The van der Waals surface area contributed by atoms with Gasteiger partial charge in [0.1, 0.15) is 0 Å². The molecular formula is C12H11N7OS. The van der Waals surface area contributed by atoms with Gasteiger partial charge in [-0.15, -0.1) is 5.10 Å². The zero-order chi connectivity index (χ0) is 14.4. The molecule has 1 fully saturated rings. The Morgan fingerprint density at radius 1 is 1.38 bits per heavy atom. The summed E-state index contributed by atoms with van der Waals surface area (Å²) in [4.78, 5) is 19.2. The number of aromatic amines is 1. The molecule has 0 amide bonds. The molecule has 106 valence electrons. The Morgan fingerprint density at radius 3 is 3.05 bits per heavy atom. The second kappa shape index (κ2) is 4.55. The molecule has 3 aromatic rings. The smallest absolute Gasteiger partial charge is 0.259 e. The first-order valence-corrected chi connectivity index (χ1v) is 7.27. The number of benzene rings is 1. The van der Waals surface area contributed by atoms with E-state index in [1.807, 2.05) is 0 Å². The Bertz CT molecular complexity index is 883. The zero-order valence-electron chi connectivity index (χ0n) is 10.9. The maximum atomic E-state index is 12.1. The monoisotopic (exact) mass is 301 g/mol. The molecule has 0 aliphatic heterocycles. The van der Waals surface area contributed by atoms with Crippen LogP contribution < -0.4 is 11.3 Å². The molecule has 0 atom stereocenters. The number of nitrogens with two attached hydrogens (primary N) is 1. The number of nitrogens with one attached hydrogen (secondary N) is 1. The van der Waals surface area contributed by atoms with Crippen LogP contribution in [0.3, 0.4) is 0 Å². The van der Waals surface area contributed by atoms with Crippen LogP contribution in [-0.4, -0.2) is 30.2 Å². The summed E-state index contributed by atoms with van der Waals surface area (Å²) in [5.74, 6) is 0. The fourth-order valence-electron chi connectivity index (χ4n) is 2.07. The SMILES string of the molecule is Nc1ccc2nc(Sc3nnnn3C3CC3)[nH]c(=O)c2c1. The highest BCUT2D eigenvalue weighted by Gasteiger charge is 2.28. The molecule has 2 heterocycles. The third kappa shape index (κ3) is 2.25. The van der Waals surface area contributed by atoms with Gasteiger partial charge >= 0.3 is 0 Å². The van der Waals surface area contributed by atoms with Crippen LogP contribution in [0.5, 0.6) is 0 Å². The Kier molecular flexibility index (Phi) is 2.67. The Hall–Kier alpha value is -2.42. The van der Waals surface area contributed by atoms with Crippen LogP contribution in [0, 0.1) is 0 Å². The molecule has 3 N–H and O–H groups in total. The summed E-state index contributed by atoms with van der Waals surface area (Å²) >= 11 is 1.25. The Labute approximate surface area is 122 Å². The topological polar surface area (TPSA) is 115 Å². The molecule has 21 heavy (non-hydrogen) atoms. The lowest BCUT2D eigenvalue weighted by molar-refractivity contribution is 0.565. The lowest BCUT2D eigenvalue weighted by Gasteiger charge is -2.03. The zero-order valence-corrected chi connectivity index (χ0v) is 11.7. The lowest BCUT2D eigenvalue weighted by atomic mass is 10.2. The highest BCUT2D eigenvalue weighted by atomic mass is 32.2. The van der Waals surface area contributed by atoms with Gasteiger partial charge in [-0.25, -0.2) is 9.67 Å². The van der Waals surface area contributed by atoms with Gasteiger partial charge in [-0.1, -0.05) is 0 Å². The normalized spacial score (nSPS) is 14.7. The van der Waals surface area contributed by atoms with E-state index in [-0.39, 0.29) is 5.56 Å². The minimum absolute atomic E-state index is 0.222. The van der Waals surface area contributed by atoms with Crippen molar-refractivity contribution < 1.29 is 0 Å². The predicted molar refractivity (Wildman–Crippen MR) is 77.0 cm³/mol. The van der Waals surface area contributed by atoms with Crippen molar-refractivity contribution in [3.05, 3.63) is 28.6 Å². The van der Waals surface area contributed by atoms with Gasteiger partial charge in [-0.3, -0.25) is 4.79 Å². The molecule has 0 unspecified atom stereocenters. The van der Waals surface area contributed by atoms with E-state index in [0.717, 1.165) is 12.8 Å². The standard InChI is InChI=1S/C12H11N7OS/c13-6-1-4-9-8(5-6)10(20)15-11(14-9)21-12-16-17-18-19(12)7-2-3-7/h1,4-5,7H,2-3,13H2,(H,14,15,20). The summed E-state index contributed by atoms with van der Waals surface area (Å²) in [6, 6.07) is 5.43. The molecule has 1 aliphatic rings. The Morgan fingerprint density at radius 2 is 2.24 bits per heavy atom. The molecule has 2 aromatic heterocycles. The number of aromatic nitrogens is 6. The summed E-state index contributed by atoms with van der Waals surface area (Å²) in [5, 5.41) is 13.2. The highest BCUT2D eigenvalue weighted by molar-refractivity contribution is 7.99. The van der Waals surface area contributed by atoms with Gasteiger partial charge in [0.2, 0.25) is 5.16 Å². The fraction of sp³-hybridized carbons (Fsp3) is 0.250. The molecule has 0 bridgehead atoms. The number of H-pyrrole nitrogens is 1. The van der Waals surface area contributed by atoms with Crippen LogP contribution in [0.25, 0.3) is 10.9 Å². The number of rotatable bonds is 3. The van der Waals surface area contributed by atoms with Crippen molar-refractivity contribution >= 4 is 28.4 Å². The molecule has 0 saturated heterocycles. The lowest BCUT2D eigenvalue weighted by Crippen LogP contribution is -2.10. The fourth-order valence-corrected chi connectivity index (χ4v) is 2.89. The first kappa shape index (κ1) is 12.3. The minimum Gasteiger partial charge on any atom is -0.399 e. The number of nitrogens with zero attached hydrogens (tertiary/aromatic N) is 5. The maximum absolute atomic E-state index is 12.1. The maximum Gasteiger partial charge on any atom is 0.259 e. The summed E-state index contributed by atoms with van der Waals surface area (Å²) < 4.78 is 1.78. The highest BCUT2D eigenvalue weighted by Crippen LogP contribution is 2.37. The van der Waals surface area contributed by atoms with E-state index < -0.39 is 0 Å². The quantitative estimate of drug-likeness (QED) is 0.547. The van der Waals surface area contributed by atoms with Crippen LogP contribution in [0.15, 0.2) is 33.3 Å². The van der Waals surface area contributed by atoms with Crippen LogP contribution >= 0.6 is 11.8 Å². The second-order valence-electron chi connectivity index (χ2n) is 4.89. The summed E-state index contributed by atoms with van der Waals surface area (Å²) in [7, 11) is 0. The van der Waals surface area contributed by atoms with Gasteiger partial charge in [-0.2, -0.15) is 0 Å². The number of hydrogen-bond donors (Lipinski definition) is 2. The molecule has 9 heteroatoms. The van der Waals surface area contributed by atoms with Gasteiger partial charge in [0.25, 0.3) is 5.56 Å². The number of nitrogen functional groups attached to an aromatic ring is 1. The van der Waals surface area contributed by atoms with Crippen LogP contribution in [0.2, 0.25) is 0 Å². The molecule has 0 spiro atoms. The van der Waals surface area contributed by atoms with Crippen molar-refractivity contribution in [1.82, 2.24) is 30.2 Å². The molecular weight excluding hydrogens is 290 g/mol. The van der Waals surface area contributed by atoms with Crippen molar-refractivity contribution in [1.29, 1.82) is 0 Å². The van der Waals surface area contributed by atoms with Crippen LogP contribution in [-0.2, 0) is 0 Å². The van der Waals surface area contributed by atoms with E-state index in [4.69, 9.17) is 5.73 Å². The second-order valence-corrected chi connectivity index (χ2v) is 5.84. The summed E-state index contributed by atoms with van der Waals surface area (Å²) in [5.41, 5.74) is 6.60. The van der Waals surface area contributed by atoms with Crippen molar-refractivity contribution in [2.45, 2.75) is 29.2 Å². The largest absolute Gasteiger partial charge is 0.399 e. The first-order chi connectivity index (χ1) is 10.2. The number of anilines is 1.